The number of nitrogens with zero attached hydrogens (tertiary/aromatic N) is 3. The van der Waals surface area contributed by atoms with Crippen LogP contribution in [0.1, 0.15) is 12.8 Å². The molecule has 1 aliphatic heterocycles. The predicted molar refractivity (Wildman–Crippen MR) is 84.4 cm³/mol. The Morgan fingerprint density at radius 2 is 2.13 bits per heavy atom. The molecule has 1 unspecified atom stereocenters. The Bertz CT molecular complexity index is 868. The molecule has 0 bridgehead atoms. The normalized spacial score (nSPS) is 19.8. The maximum Gasteiger partial charge on any atom is 0.278 e. The van der Waals surface area contributed by atoms with Crippen LogP contribution >= 0.6 is 0 Å². The van der Waals surface area contributed by atoms with Crippen molar-refractivity contribution < 1.29 is 13.3 Å². The molecular formula is C14H16N4O4S. The van der Waals surface area contributed by atoms with Gasteiger partial charge >= 0.3 is 0 Å². The van der Waals surface area contributed by atoms with Crippen LogP contribution in [0.25, 0.3) is 10.9 Å². The molecule has 0 radical (unpaired) electrons. The van der Waals surface area contributed by atoms with E-state index in [2.05, 4.69) is 4.98 Å². The first kappa shape index (κ1) is 15.8. The molecule has 1 atom stereocenters. The predicted octanol–water partition coefficient (Wildman–Crippen LogP) is 1.25. The lowest BCUT2D eigenvalue weighted by molar-refractivity contribution is -0.383. The summed E-state index contributed by atoms with van der Waals surface area (Å²) in [6, 6.07) is 5.31. The first-order valence-corrected chi connectivity index (χ1v) is 8.63. The van der Waals surface area contributed by atoms with Crippen molar-refractivity contribution in [2.45, 2.75) is 23.8 Å². The number of piperidine rings is 1. The van der Waals surface area contributed by atoms with E-state index < -0.39 is 14.9 Å². The van der Waals surface area contributed by atoms with Crippen molar-refractivity contribution >= 4 is 26.6 Å². The van der Waals surface area contributed by atoms with E-state index in [0.717, 1.165) is 6.42 Å². The van der Waals surface area contributed by atoms with Crippen molar-refractivity contribution in [1.29, 1.82) is 0 Å². The van der Waals surface area contributed by atoms with Crippen LogP contribution in [0.5, 0.6) is 0 Å². The number of nitrogens with two attached hydrogens (primary N) is 1. The van der Waals surface area contributed by atoms with E-state index in [4.69, 9.17) is 5.73 Å². The van der Waals surface area contributed by atoms with Crippen molar-refractivity contribution in [3.8, 4) is 0 Å². The van der Waals surface area contributed by atoms with Gasteiger partial charge in [0.1, 0.15) is 4.90 Å². The molecule has 1 aliphatic rings. The van der Waals surface area contributed by atoms with Crippen LogP contribution in [0.3, 0.4) is 0 Å². The summed E-state index contributed by atoms with van der Waals surface area (Å²) in [4.78, 5) is 14.6. The van der Waals surface area contributed by atoms with E-state index in [1.165, 1.54) is 28.7 Å². The number of rotatable bonds is 3. The van der Waals surface area contributed by atoms with Gasteiger partial charge in [0.05, 0.1) is 15.8 Å². The van der Waals surface area contributed by atoms with Crippen LogP contribution in [0, 0.1) is 10.1 Å². The van der Waals surface area contributed by atoms with E-state index in [-0.39, 0.29) is 34.1 Å². The number of benzene rings is 1. The Kier molecular flexibility index (Phi) is 4.00. The average molecular weight is 336 g/mol. The van der Waals surface area contributed by atoms with Gasteiger partial charge in [-0.3, -0.25) is 15.1 Å². The zero-order valence-electron chi connectivity index (χ0n) is 12.3. The Morgan fingerprint density at radius 1 is 1.35 bits per heavy atom. The largest absolute Gasteiger partial charge is 0.327 e. The van der Waals surface area contributed by atoms with Gasteiger partial charge in [0, 0.05) is 31.4 Å². The molecule has 0 aliphatic carbocycles. The zero-order chi connectivity index (χ0) is 16.6. The lowest BCUT2D eigenvalue weighted by Crippen LogP contribution is -2.45. The van der Waals surface area contributed by atoms with E-state index in [0.29, 0.717) is 13.0 Å². The number of hydrogen-bond acceptors (Lipinski definition) is 6. The van der Waals surface area contributed by atoms with Gasteiger partial charge in [-0.1, -0.05) is 0 Å². The van der Waals surface area contributed by atoms with Crippen molar-refractivity contribution in [3.63, 3.8) is 0 Å². The maximum absolute atomic E-state index is 12.9. The maximum atomic E-state index is 12.9. The summed E-state index contributed by atoms with van der Waals surface area (Å²) in [5, 5.41) is 11.3. The summed E-state index contributed by atoms with van der Waals surface area (Å²) < 4.78 is 27.1. The Labute approximate surface area is 133 Å². The summed E-state index contributed by atoms with van der Waals surface area (Å²) >= 11 is 0. The summed E-state index contributed by atoms with van der Waals surface area (Å²) in [6.45, 7) is 0.634. The van der Waals surface area contributed by atoms with Crippen molar-refractivity contribution in [2.75, 3.05) is 13.1 Å². The smallest absolute Gasteiger partial charge is 0.278 e. The third kappa shape index (κ3) is 2.78. The van der Waals surface area contributed by atoms with Crippen molar-refractivity contribution in [2.24, 2.45) is 5.73 Å². The highest BCUT2D eigenvalue weighted by atomic mass is 32.2. The Morgan fingerprint density at radius 3 is 2.83 bits per heavy atom. The first-order valence-electron chi connectivity index (χ1n) is 7.19. The number of nitro groups is 1. The molecule has 3 rings (SSSR count). The molecule has 2 heterocycles. The quantitative estimate of drug-likeness (QED) is 0.665. The van der Waals surface area contributed by atoms with Gasteiger partial charge in [0.25, 0.3) is 5.69 Å². The topological polar surface area (TPSA) is 119 Å². The highest BCUT2D eigenvalue weighted by Gasteiger charge is 2.31. The third-order valence-corrected chi connectivity index (χ3v) is 5.84. The summed E-state index contributed by atoms with van der Waals surface area (Å²) in [6.07, 6.45) is 2.90. The molecular weight excluding hydrogens is 320 g/mol. The van der Waals surface area contributed by atoms with Gasteiger partial charge < -0.3 is 5.73 Å². The van der Waals surface area contributed by atoms with Crippen LogP contribution in [0.15, 0.2) is 35.4 Å². The number of non-ortho nitro benzene ring substituents is 1. The summed E-state index contributed by atoms with van der Waals surface area (Å²) in [5.41, 5.74) is 5.81. The number of hydrogen-bond donors (Lipinski definition) is 1. The first-order chi connectivity index (χ1) is 10.9. The number of nitro benzene ring substituents is 1. The molecule has 1 saturated heterocycles. The third-order valence-electron chi connectivity index (χ3n) is 3.94. The molecule has 8 nitrogen and oxygen atoms in total. The second kappa shape index (κ2) is 5.84. The molecule has 9 heteroatoms. The fourth-order valence-electron chi connectivity index (χ4n) is 2.83. The second-order valence-electron chi connectivity index (χ2n) is 5.50. The summed E-state index contributed by atoms with van der Waals surface area (Å²) in [5.74, 6) is 0. The molecule has 1 fully saturated rings. The van der Waals surface area contributed by atoms with Crippen LogP contribution in [-0.2, 0) is 10.0 Å². The van der Waals surface area contributed by atoms with E-state index in [1.54, 1.807) is 6.07 Å². The number of aromatic nitrogens is 1. The molecule has 23 heavy (non-hydrogen) atoms. The van der Waals surface area contributed by atoms with Gasteiger partial charge in [-0.15, -0.1) is 0 Å². The monoisotopic (exact) mass is 336 g/mol. The molecule has 0 amide bonds. The van der Waals surface area contributed by atoms with Gasteiger partial charge in [-0.2, -0.15) is 4.31 Å². The fraction of sp³-hybridized carbons (Fsp3) is 0.357. The number of sulfonamides is 1. The zero-order valence-corrected chi connectivity index (χ0v) is 13.1. The van der Waals surface area contributed by atoms with E-state index in [9.17, 15) is 18.5 Å². The second-order valence-corrected chi connectivity index (χ2v) is 7.41. The van der Waals surface area contributed by atoms with Crippen molar-refractivity contribution in [3.05, 3.63) is 40.6 Å². The standard InChI is InChI=1S/C14H16N4O4S/c15-10-3-2-8-17(9-10)23(21,22)13-6-5-12(18(19)20)11-4-1-7-16-14(11)13/h1,4-7,10H,2-3,8-9,15H2. The fourth-order valence-corrected chi connectivity index (χ4v) is 4.51. The van der Waals surface area contributed by atoms with E-state index in [1.807, 2.05) is 0 Å². The average Bonchev–Trinajstić information content (AvgIpc) is 2.53. The molecule has 2 aromatic rings. The van der Waals surface area contributed by atoms with Crippen LogP contribution in [-0.4, -0.2) is 41.8 Å². The number of pyridine rings is 1. The van der Waals surface area contributed by atoms with Gasteiger partial charge in [-0.05, 0) is 31.0 Å². The minimum atomic E-state index is -3.80. The molecule has 2 N–H and O–H groups in total. The summed E-state index contributed by atoms with van der Waals surface area (Å²) in [7, 11) is -3.80. The highest BCUT2D eigenvalue weighted by molar-refractivity contribution is 7.89. The SMILES string of the molecule is NC1CCCN(S(=O)(=O)c2ccc([N+](=O)[O-])c3cccnc23)C1. The lowest BCUT2D eigenvalue weighted by Gasteiger charge is -2.30. The van der Waals surface area contributed by atoms with Crippen molar-refractivity contribution in [1.82, 2.24) is 9.29 Å². The molecule has 0 saturated carbocycles. The Hall–Kier alpha value is -2.10. The minimum Gasteiger partial charge on any atom is -0.327 e. The number of fused-ring (bicyclic) bond motifs is 1. The van der Waals surface area contributed by atoms with Gasteiger partial charge in [0.2, 0.25) is 10.0 Å². The van der Waals surface area contributed by atoms with Gasteiger partial charge in [-0.25, -0.2) is 8.42 Å². The molecule has 1 aromatic carbocycles. The molecule has 122 valence electrons. The Balaban J connectivity index is 2.16. The van der Waals surface area contributed by atoms with Crippen LogP contribution in [0.4, 0.5) is 5.69 Å². The van der Waals surface area contributed by atoms with Crippen LogP contribution in [0.2, 0.25) is 0 Å². The molecule has 1 aromatic heterocycles. The molecule has 0 spiro atoms. The lowest BCUT2D eigenvalue weighted by atomic mass is 10.1. The van der Waals surface area contributed by atoms with Crippen LogP contribution < -0.4 is 5.73 Å². The van der Waals surface area contributed by atoms with E-state index >= 15 is 0 Å². The highest BCUT2D eigenvalue weighted by Crippen LogP contribution is 2.31. The minimum absolute atomic E-state index is 0.0206. The van der Waals surface area contributed by atoms with Gasteiger partial charge in [0.15, 0.2) is 0 Å².